The summed E-state index contributed by atoms with van der Waals surface area (Å²) in [5.74, 6) is 0.488. The van der Waals surface area contributed by atoms with Gasteiger partial charge in [0.2, 0.25) is 0 Å². The molecule has 2 atom stereocenters. The van der Waals surface area contributed by atoms with E-state index in [4.69, 9.17) is 0 Å². The molecule has 2 nitrogen and oxygen atoms in total. The highest BCUT2D eigenvalue weighted by atomic mass is 16.1. The van der Waals surface area contributed by atoms with Crippen LogP contribution in [0.15, 0.2) is 24.3 Å². The molecule has 0 spiro atoms. The lowest BCUT2D eigenvalue weighted by atomic mass is 9.86. The Kier molecular flexibility index (Phi) is 4.04. The second-order valence-corrected chi connectivity index (χ2v) is 5.91. The van der Waals surface area contributed by atoms with Gasteiger partial charge in [0.1, 0.15) is 5.92 Å². The molecule has 1 fully saturated rings. The van der Waals surface area contributed by atoms with Crippen LogP contribution < -0.4 is 0 Å². The van der Waals surface area contributed by atoms with Crippen LogP contribution in [0.5, 0.6) is 0 Å². The number of carbonyl (C=O) groups is 1. The van der Waals surface area contributed by atoms with Crippen LogP contribution in [-0.2, 0) is 4.79 Å². The van der Waals surface area contributed by atoms with E-state index in [1.807, 2.05) is 31.2 Å². The fraction of sp³-hybridized carbons (Fsp3) is 0.529. The third kappa shape index (κ3) is 3.04. The average molecular weight is 255 g/mol. The molecule has 0 radical (unpaired) electrons. The van der Waals surface area contributed by atoms with Crippen LogP contribution in [0.3, 0.4) is 0 Å². The van der Waals surface area contributed by atoms with E-state index >= 15 is 0 Å². The first kappa shape index (κ1) is 13.8. The lowest BCUT2D eigenvalue weighted by Gasteiger charge is -2.15. The van der Waals surface area contributed by atoms with Gasteiger partial charge in [-0.2, -0.15) is 5.26 Å². The van der Waals surface area contributed by atoms with Crippen molar-refractivity contribution in [3.8, 4) is 6.07 Å². The zero-order chi connectivity index (χ0) is 14.0. The number of carbonyl (C=O) groups excluding carboxylic acids is 1. The second kappa shape index (κ2) is 5.57. The van der Waals surface area contributed by atoms with Crippen LogP contribution in [0.25, 0.3) is 0 Å². The van der Waals surface area contributed by atoms with Crippen LogP contribution in [0, 0.1) is 23.2 Å². The van der Waals surface area contributed by atoms with Crippen molar-refractivity contribution in [2.75, 3.05) is 0 Å². The Hall–Kier alpha value is -1.62. The Labute approximate surface area is 115 Å². The molecule has 1 aliphatic rings. The molecular weight excluding hydrogens is 234 g/mol. The normalized spacial score (nSPS) is 17.8. The van der Waals surface area contributed by atoms with Gasteiger partial charge in [0.15, 0.2) is 5.78 Å². The SMILES string of the molecule is CC(C)c1ccc(C(C#N)C(=O)C(C)C2CC2)cc1. The predicted molar refractivity (Wildman–Crippen MR) is 75.8 cm³/mol. The van der Waals surface area contributed by atoms with Crippen LogP contribution in [0.4, 0.5) is 0 Å². The van der Waals surface area contributed by atoms with Gasteiger partial charge in [-0.05, 0) is 35.8 Å². The standard InChI is InChI=1S/C17H21NO/c1-11(2)13-4-8-15(9-5-13)16(10-18)17(19)12(3)14-6-7-14/h4-5,8-9,11-12,14,16H,6-7H2,1-3H3. The van der Waals surface area contributed by atoms with Crippen molar-refractivity contribution >= 4 is 5.78 Å². The Morgan fingerprint density at radius 2 is 1.68 bits per heavy atom. The van der Waals surface area contributed by atoms with Gasteiger partial charge in [-0.1, -0.05) is 45.0 Å². The molecule has 0 amide bonds. The maximum Gasteiger partial charge on any atom is 0.157 e. The van der Waals surface area contributed by atoms with E-state index in [0.717, 1.165) is 18.4 Å². The molecule has 2 unspecified atom stereocenters. The summed E-state index contributed by atoms with van der Waals surface area (Å²) in [5.41, 5.74) is 2.08. The molecule has 2 rings (SSSR count). The number of Topliss-reactive ketones (excluding diaryl/α,β-unsaturated/α-hetero) is 1. The Morgan fingerprint density at radius 1 is 1.16 bits per heavy atom. The summed E-state index contributed by atoms with van der Waals surface area (Å²) in [5, 5.41) is 9.31. The highest BCUT2D eigenvalue weighted by Gasteiger charge is 2.36. The minimum absolute atomic E-state index is 0.0226. The molecule has 0 saturated heterocycles. The van der Waals surface area contributed by atoms with E-state index < -0.39 is 5.92 Å². The van der Waals surface area contributed by atoms with Crippen LogP contribution >= 0.6 is 0 Å². The summed E-state index contributed by atoms with van der Waals surface area (Å²) in [4.78, 5) is 12.4. The number of hydrogen-bond donors (Lipinski definition) is 0. The largest absolute Gasteiger partial charge is 0.298 e. The molecule has 2 heteroatoms. The van der Waals surface area contributed by atoms with Gasteiger partial charge in [0, 0.05) is 5.92 Å². The van der Waals surface area contributed by atoms with E-state index in [9.17, 15) is 10.1 Å². The van der Waals surface area contributed by atoms with E-state index in [-0.39, 0.29) is 11.7 Å². The molecule has 1 aromatic carbocycles. The zero-order valence-electron chi connectivity index (χ0n) is 11.9. The molecule has 19 heavy (non-hydrogen) atoms. The number of ketones is 1. The Bertz CT molecular complexity index is 491. The molecule has 0 aliphatic heterocycles. The highest BCUT2D eigenvalue weighted by molar-refractivity contribution is 5.90. The summed E-state index contributed by atoms with van der Waals surface area (Å²) in [6, 6.07) is 10.1. The summed E-state index contributed by atoms with van der Waals surface area (Å²) < 4.78 is 0. The fourth-order valence-electron chi connectivity index (χ4n) is 2.47. The quantitative estimate of drug-likeness (QED) is 0.797. The average Bonchev–Trinajstić information content (AvgIpc) is 3.23. The highest BCUT2D eigenvalue weighted by Crippen LogP contribution is 2.39. The van der Waals surface area contributed by atoms with Gasteiger partial charge in [0.05, 0.1) is 6.07 Å². The van der Waals surface area contributed by atoms with Crippen LogP contribution in [0.1, 0.15) is 56.6 Å². The van der Waals surface area contributed by atoms with Crippen molar-refractivity contribution in [3.63, 3.8) is 0 Å². The molecule has 0 aromatic heterocycles. The maximum absolute atomic E-state index is 12.4. The number of benzene rings is 1. The van der Waals surface area contributed by atoms with Crippen molar-refractivity contribution in [2.24, 2.45) is 11.8 Å². The van der Waals surface area contributed by atoms with Gasteiger partial charge in [-0.25, -0.2) is 0 Å². The minimum Gasteiger partial charge on any atom is -0.298 e. The third-order valence-electron chi connectivity index (χ3n) is 4.13. The first-order valence-corrected chi connectivity index (χ1v) is 7.07. The Morgan fingerprint density at radius 3 is 2.11 bits per heavy atom. The molecule has 0 heterocycles. The van der Waals surface area contributed by atoms with E-state index in [2.05, 4.69) is 19.9 Å². The minimum atomic E-state index is -0.600. The molecular formula is C17H21NO. The molecule has 1 saturated carbocycles. The lowest BCUT2D eigenvalue weighted by Crippen LogP contribution is -2.20. The van der Waals surface area contributed by atoms with Gasteiger partial charge in [0.25, 0.3) is 0 Å². The van der Waals surface area contributed by atoms with Crippen molar-refractivity contribution in [1.29, 1.82) is 5.26 Å². The first-order valence-electron chi connectivity index (χ1n) is 7.07. The monoisotopic (exact) mass is 255 g/mol. The number of hydrogen-bond acceptors (Lipinski definition) is 2. The van der Waals surface area contributed by atoms with E-state index in [1.165, 1.54) is 5.56 Å². The number of nitriles is 1. The molecule has 0 bridgehead atoms. The topological polar surface area (TPSA) is 40.9 Å². The van der Waals surface area contributed by atoms with Crippen molar-refractivity contribution < 1.29 is 4.79 Å². The van der Waals surface area contributed by atoms with Crippen LogP contribution in [-0.4, -0.2) is 5.78 Å². The summed E-state index contributed by atoms with van der Waals surface area (Å²) >= 11 is 0. The second-order valence-electron chi connectivity index (χ2n) is 5.91. The van der Waals surface area contributed by atoms with Gasteiger partial charge >= 0.3 is 0 Å². The molecule has 1 aliphatic carbocycles. The molecule has 0 N–H and O–H groups in total. The summed E-state index contributed by atoms with van der Waals surface area (Å²) in [6.07, 6.45) is 2.27. The molecule has 100 valence electrons. The zero-order valence-corrected chi connectivity index (χ0v) is 11.9. The first-order chi connectivity index (χ1) is 9.04. The van der Waals surface area contributed by atoms with Gasteiger partial charge in [-0.15, -0.1) is 0 Å². The fourth-order valence-corrected chi connectivity index (χ4v) is 2.47. The number of nitrogens with zero attached hydrogens (tertiary/aromatic N) is 1. The van der Waals surface area contributed by atoms with Crippen molar-refractivity contribution in [3.05, 3.63) is 35.4 Å². The van der Waals surface area contributed by atoms with Crippen LogP contribution in [0.2, 0.25) is 0 Å². The van der Waals surface area contributed by atoms with Gasteiger partial charge < -0.3 is 0 Å². The smallest absolute Gasteiger partial charge is 0.157 e. The van der Waals surface area contributed by atoms with Crippen molar-refractivity contribution in [1.82, 2.24) is 0 Å². The van der Waals surface area contributed by atoms with Gasteiger partial charge in [-0.3, -0.25) is 4.79 Å². The Balaban J connectivity index is 2.17. The van der Waals surface area contributed by atoms with E-state index in [0.29, 0.717) is 11.8 Å². The predicted octanol–water partition coefficient (Wildman–Crippen LogP) is 4.03. The number of rotatable bonds is 5. The third-order valence-corrected chi connectivity index (χ3v) is 4.13. The summed E-state index contributed by atoms with van der Waals surface area (Å²) in [7, 11) is 0. The van der Waals surface area contributed by atoms with Crippen molar-refractivity contribution in [2.45, 2.75) is 45.4 Å². The van der Waals surface area contributed by atoms with E-state index in [1.54, 1.807) is 0 Å². The lowest BCUT2D eigenvalue weighted by molar-refractivity contribution is -0.123. The molecule has 1 aromatic rings. The summed E-state index contributed by atoms with van der Waals surface area (Å²) in [6.45, 7) is 6.24. The maximum atomic E-state index is 12.4.